The third kappa shape index (κ3) is 3.58. The predicted octanol–water partition coefficient (Wildman–Crippen LogP) is 4.15. The Morgan fingerprint density at radius 3 is 2.40 bits per heavy atom. The summed E-state index contributed by atoms with van der Waals surface area (Å²) in [6.45, 7) is 2.61. The molecule has 0 N–H and O–H groups in total. The molecular weight excluding hydrogens is 385 g/mol. The van der Waals surface area contributed by atoms with Crippen molar-refractivity contribution in [2.24, 2.45) is 0 Å². The summed E-state index contributed by atoms with van der Waals surface area (Å²) < 4.78 is 38.1. The number of benzene rings is 2. The topological polar surface area (TPSA) is 55.8 Å². The van der Waals surface area contributed by atoms with Gasteiger partial charge >= 0.3 is 0 Å². The van der Waals surface area contributed by atoms with Crippen LogP contribution in [-0.4, -0.2) is 33.0 Å². The quantitative estimate of drug-likeness (QED) is 0.771. The first kappa shape index (κ1) is 18.3. The van der Waals surface area contributed by atoms with Crippen molar-refractivity contribution in [3.05, 3.63) is 52.0 Å². The molecule has 0 aromatic heterocycles. The molecule has 0 aliphatic carbocycles. The van der Waals surface area contributed by atoms with Gasteiger partial charge in [-0.15, -0.1) is 0 Å². The molecule has 0 saturated carbocycles. The van der Waals surface area contributed by atoms with Crippen LogP contribution in [0.3, 0.4) is 0 Å². The lowest BCUT2D eigenvalue weighted by Gasteiger charge is -2.26. The third-order valence-electron chi connectivity index (χ3n) is 4.15. The van der Waals surface area contributed by atoms with E-state index in [1.165, 1.54) is 23.5 Å². The van der Waals surface area contributed by atoms with Gasteiger partial charge in [0, 0.05) is 29.2 Å². The van der Waals surface area contributed by atoms with E-state index in [2.05, 4.69) is 0 Å². The molecule has 1 aliphatic rings. The van der Waals surface area contributed by atoms with Gasteiger partial charge in [0.1, 0.15) is 13.2 Å². The molecule has 0 amide bonds. The summed E-state index contributed by atoms with van der Waals surface area (Å²) in [5, 5.41) is 0.919. The zero-order valence-electron chi connectivity index (χ0n) is 13.7. The van der Waals surface area contributed by atoms with Crippen molar-refractivity contribution in [3.63, 3.8) is 0 Å². The van der Waals surface area contributed by atoms with E-state index >= 15 is 0 Å². The highest BCUT2D eigenvalue weighted by atomic mass is 35.5. The van der Waals surface area contributed by atoms with Crippen molar-refractivity contribution in [2.75, 3.05) is 20.3 Å². The summed E-state index contributed by atoms with van der Waals surface area (Å²) in [6, 6.07) is 9.14. The normalized spacial score (nSPS) is 15.2. The fourth-order valence-electron chi connectivity index (χ4n) is 2.59. The highest BCUT2D eigenvalue weighted by Gasteiger charge is 2.29. The van der Waals surface area contributed by atoms with Crippen LogP contribution in [0.2, 0.25) is 10.0 Å². The minimum atomic E-state index is -3.74. The highest BCUT2D eigenvalue weighted by molar-refractivity contribution is 7.89. The Bertz CT molecular complexity index is 902. The van der Waals surface area contributed by atoms with Crippen LogP contribution in [0.5, 0.6) is 11.5 Å². The number of rotatable bonds is 4. The lowest BCUT2D eigenvalue weighted by molar-refractivity contribution is 0.171. The largest absolute Gasteiger partial charge is 0.486 e. The van der Waals surface area contributed by atoms with Crippen LogP contribution in [0.4, 0.5) is 0 Å². The van der Waals surface area contributed by atoms with Gasteiger partial charge in [-0.1, -0.05) is 29.3 Å². The molecule has 1 aliphatic heterocycles. The molecule has 0 fully saturated rings. The molecule has 5 nitrogen and oxygen atoms in total. The van der Waals surface area contributed by atoms with Crippen molar-refractivity contribution in [1.29, 1.82) is 0 Å². The zero-order chi connectivity index (χ0) is 18.2. The number of hydrogen-bond acceptors (Lipinski definition) is 4. The lowest BCUT2D eigenvalue weighted by Crippen LogP contribution is -2.30. The number of hydrogen-bond donors (Lipinski definition) is 0. The van der Waals surface area contributed by atoms with Crippen LogP contribution < -0.4 is 9.47 Å². The molecule has 0 bridgehead atoms. The van der Waals surface area contributed by atoms with Gasteiger partial charge in [0.15, 0.2) is 11.5 Å². The third-order valence-corrected chi connectivity index (χ3v) is 6.64. The summed E-state index contributed by atoms with van der Waals surface area (Å²) in [6.07, 6.45) is 0. The van der Waals surface area contributed by atoms with E-state index in [4.69, 9.17) is 32.7 Å². The van der Waals surface area contributed by atoms with E-state index in [0.717, 1.165) is 0 Å². The fraction of sp³-hybridized carbons (Fsp3) is 0.294. The Balaban J connectivity index is 1.93. The van der Waals surface area contributed by atoms with Crippen molar-refractivity contribution in [3.8, 4) is 11.5 Å². The highest BCUT2D eigenvalue weighted by Crippen LogP contribution is 2.36. The molecule has 0 spiro atoms. The molecule has 2 aromatic carbocycles. The smallest absolute Gasteiger partial charge is 0.243 e. The van der Waals surface area contributed by atoms with E-state index < -0.39 is 16.1 Å². The van der Waals surface area contributed by atoms with Crippen molar-refractivity contribution in [2.45, 2.75) is 17.9 Å². The van der Waals surface area contributed by atoms with Crippen molar-refractivity contribution in [1.82, 2.24) is 4.31 Å². The second-order valence-electron chi connectivity index (χ2n) is 5.67. The molecule has 1 heterocycles. The van der Waals surface area contributed by atoms with Crippen LogP contribution in [0.25, 0.3) is 0 Å². The minimum Gasteiger partial charge on any atom is -0.486 e. The Labute approximate surface area is 157 Å². The Morgan fingerprint density at radius 2 is 1.72 bits per heavy atom. The minimum absolute atomic E-state index is 0.135. The second-order valence-corrected chi connectivity index (χ2v) is 8.51. The molecule has 2 aromatic rings. The Hall–Kier alpha value is -1.47. The van der Waals surface area contributed by atoms with Crippen LogP contribution in [0.1, 0.15) is 18.5 Å². The molecule has 0 unspecified atom stereocenters. The first-order chi connectivity index (χ1) is 11.8. The summed E-state index contributed by atoms with van der Waals surface area (Å²) in [7, 11) is -2.22. The van der Waals surface area contributed by atoms with Gasteiger partial charge in [0.2, 0.25) is 10.0 Å². The van der Waals surface area contributed by atoms with Crippen molar-refractivity contribution >= 4 is 33.2 Å². The number of nitrogens with zero attached hydrogens (tertiary/aromatic N) is 1. The monoisotopic (exact) mass is 401 g/mol. The molecule has 134 valence electrons. The number of sulfonamides is 1. The average molecular weight is 402 g/mol. The van der Waals surface area contributed by atoms with Gasteiger partial charge in [0.25, 0.3) is 0 Å². The van der Waals surface area contributed by atoms with Gasteiger partial charge in [-0.25, -0.2) is 8.42 Å². The molecule has 3 rings (SSSR count). The molecular formula is C17H17Cl2NO4S. The molecule has 25 heavy (non-hydrogen) atoms. The second kappa shape index (κ2) is 7.03. The maximum atomic E-state index is 13.0. The summed E-state index contributed by atoms with van der Waals surface area (Å²) in [5.74, 6) is 0.972. The first-order valence-electron chi connectivity index (χ1n) is 7.63. The van der Waals surface area contributed by atoms with Gasteiger partial charge in [-0.05, 0) is 36.8 Å². The van der Waals surface area contributed by atoms with E-state index in [1.54, 1.807) is 31.2 Å². The molecule has 0 saturated heterocycles. The Kier molecular flexibility index (Phi) is 5.16. The standard InChI is InChI=1S/C17H17Cl2NO4S/c1-11(14-5-3-12(18)9-15(14)19)20(2)25(21,22)13-4-6-16-17(10-13)24-8-7-23-16/h3-6,9-11H,7-8H2,1-2H3/t11-/m1/s1. The summed E-state index contributed by atoms with van der Waals surface area (Å²) in [5.41, 5.74) is 0.676. The van der Waals surface area contributed by atoms with E-state index in [1.807, 2.05) is 0 Å². The lowest BCUT2D eigenvalue weighted by atomic mass is 10.1. The summed E-state index contributed by atoms with van der Waals surface area (Å²) in [4.78, 5) is 0.135. The average Bonchev–Trinajstić information content (AvgIpc) is 2.60. The van der Waals surface area contributed by atoms with Crippen LogP contribution >= 0.6 is 23.2 Å². The predicted molar refractivity (Wildman–Crippen MR) is 97.3 cm³/mol. The zero-order valence-corrected chi connectivity index (χ0v) is 16.0. The SMILES string of the molecule is C[C@H](c1ccc(Cl)cc1Cl)N(C)S(=O)(=O)c1ccc2c(c1)OCCO2. The van der Waals surface area contributed by atoms with Gasteiger partial charge in [0.05, 0.1) is 4.90 Å². The van der Waals surface area contributed by atoms with Crippen LogP contribution in [0.15, 0.2) is 41.3 Å². The van der Waals surface area contributed by atoms with Gasteiger partial charge in [-0.2, -0.15) is 4.31 Å². The van der Waals surface area contributed by atoms with E-state index in [9.17, 15) is 8.42 Å². The van der Waals surface area contributed by atoms with Gasteiger partial charge < -0.3 is 9.47 Å². The number of fused-ring (bicyclic) bond motifs is 1. The first-order valence-corrected chi connectivity index (χ1v) is 9.83. The Morgan fingerprint density at radius 1 is 1.04 bits per heavy atom. The van der Waals surface area contributed by atoms with Crippen LogP contribution in [-0.2, 0) is 10.0 Å². The van der Waals surface area contributed by atoms with E-state index in [-0.39, 0.29) is 4.90 Å². The molecule has 0 radical (unpaired) electrons. The fourth-order valence-corrected chi connectivity index (χ4v) is 4.52. The van der Waals surface area contributed by atoms with Crippen molar-refractivity contribution < 1.29 is 17.9 Å². The van der Waals surface area contributed by atoms with Gasteiger partial charge in [-0.3, -0.25) is 0 Å². The molecule has 8 heteroatoms. The maximum absolute atomic E-state index is 13.0. The maximum Gasteiger partial charge on any atom is 0.243 e. The van der Waals surface area contributed by atoms with E-state index in [0.29, 0.717) is 40.3 Å². The number of halogens is 2. The number of ether oxygens (including phenoxy) is 2. The van der Waals surface area contributed by atoms with Crippen LogP contribution in [0, 0.1) is 0 Å². The molecule has 1 atom stereocenters. The summed E-state index contributed by atoms with van der Waals surface area (Å²) >= 11 is 12.1.